The van der Waals surface area contributed by atoms with Crippen molar-refractivity contribution in [3.8, 4) is 0 Å². The third-order valence-corrected chi connectivity index (χ3v) is 6.36. The summed E-state index contributed by atoms with van der Waals surface area (Å²) in [4.78, 5) is 25.9. The fourth-order valence-electron chi connectivity index (χ4n) is 4.54. The number of rotatable bonds is 7. The van der Waals surface area contributed by atoms with E-state index in [1.54, 1.807) is 12.1 Å². The van der Waals surface area contributed by atoms with Crippen molar-refractivity contribution in [3.63, 3.8) is 0 Å². The van der Waals surface area contributed by atoms with Crippen LogP contribution in [0.15, 0.2) is 84.6 Å². The van der Waals surface area contributed by atoms with E-state index in [-0.39, 0.29) is 11.9 Å². The Balaban J connectivity index is 1.53. The van der Waals surface area contributed by atoms with Gasteiger partial charge in [0, 0.05) is 41.5 Å². The minimum Gasteiger partial charge on any atom is -0.465 e. The molecule has 6 heteroatoms. The lowest BCUT2D eigenvalue weighted by Crippen LogP contribution is -2.36. The van der Waals surface area contributed by atoms with Gasteiger partial charge in [-0.05, 0) is 68.0 Å². The second kappa shape index (κ2) is 11.5. The van der Waals surface area contributed by atoms with E-state index in [1.165, 1.54) is 14.2 Å². The van der Waals surface area contributed by atoms with E-state index < -0.39 is 0 Å². The normalized spacial score (nSPS) is 14.1. The first kappa shape index (κ1) is 25.6. The SMILES string of the molecule is CCN1C(=CC=CC=Cc2ccc3cc(C(=O)OC)ccc3[n+]2CC)C=Cc2cc(C(=O)OC)ccc21. The van der Waals surface area contributed by atoms with Crippen molar-refractivity contribution in [2.45, 2.75) is 20.4 Å². The van der Waals surface area contributed by atoms with E-state index in [2.05, 4.69) is 47.6 Å². The van der Waals surface area contributed by atoms with Crippen LogP contribution in [0, 0.1) is 0 Å². The number of allylic oxidation sites excluding steroid dienone is 5. The molecule has 37 heavy (non-hydrogen) atoms. The van der Waals surface area contributed by atoms with Crippen molar-refractivity contribution < 1.29 is 23.6 Å². The number of pyridine rings is 1. The van der Waals surface area contributed by atoms with Crippen LogP contribution in [0.1, 0.15) is 45.8 Å². The van der Waals surface area contributed by atoms with E-state index in [0.29, 0.717) is 11.1 Å². The zero-order valence-corrected chi connectivity index (χ0v) is 21.6. The molecule has 0 atom stereocenters. The van der Waals surface area contributed by atoms with Crippen LogP contribution in [0.5, 0.6) is 0 Å². The van der Waals surface area contributed by atoms with Crippen molar-refractivity contribution in [2.24, 2.45) is 0 Å². The molecular weight excluding hydrogens is 464 g/mol. The third-order valence-electron chi connectivity index (χ3n) is 6.36. The zero-order chi connectivity index (χ0) is 26.4. The van der Waals surface area contributed by atoms with Crippen LogP contribution in [-0.4, -0.2) is 32.7 Å². The van der Waals surface area contributed by atoms with Gasteiger partial charge >= 0.3 is 11.9 Å². The summed E-state index contributed by atoms with van der Waals surface area (Å²) in [5.41, 5.74) is 6.33. The molecule has 0 radical (unpaired) electrons. The standard InChI is InChI=1S/C31H31N2O4/c1-5-32-26(16-12-22-20-24(30(34)36-3)14-18-28(22)32)10-8-7-9-11-27-17-13-23-21-25(31(35)37-4)15-19-29(23)33(27)6-2/h7-21H,5-6H2,1-4H3/q+1. The van der Waals surface area contributed by atoms with Crippen LogP contribution in [0.3, 0.4) is 0 Å². The van der Waals surface area contributed by atoms with Gasteiger partial charge in [0.25, 0.3) is 0 Å². The maximum Gasteiger partial charge on any atom is 0.337 e. The molecule has 188 valence electrons. The fraction of sp³-hybridized carbons (Fsp3) is 0.194. The number of benzene rings is 2. The fourth-order valence-corrected chi connectivity index (χ4v) is 4.54. The lowest BCUT2D eigenvalue weighted by atomic mass is 10.0. The minimum absolute atomic E-state index is 0.336. The first-order chi connectivity index (χ1) is 18.0. The molecule has 0 fully saturated rings. The van der Waals surface area contributed by atoms with Gasteiger partial charge in [0.1, 0.15) is 6.54 Å². The van der Waals surface area contributed by atoms with Crippen molar-refractivity contribution in [3.05, 3.63) is 107 Å². The Kier molecular flexibility index (Phi) is 7.98. The Morgan fingerprint density at radius 2 is 1.59 bits per heavy atom. The third kappa shape index (κ3) is 5.38. The first-order valence-electron chi connectivity index (χ1n) is 12.3. The van der Waals surface area contributed by atoms with Gasteiger partial charge in [0.2, 0.25) is 11.2 Å². The number of ether oxygens (including phenoxy) is 2. The smallest absolute Gasteiger partial charge is 0.337 e. The summed E-state index contributed by atoms with van der Waals surface area (Å²) in [6.45, 7) is 5.81. The van der Waals surface area contributed by atoms with Crippen LogP contribution >= 0.6 is 0 Å². The van der Waals surface area contributed by atoms with Crippen LogP contribution in [-0.2, 0) is 16.0 Å². The highest BCUT2D eigenvalue weighted by Crippen LogP contribution is 2.31. The second-order valence-corrected chi connectivity index (χ2v) is 8.45. The highest BCUT2D eigenvalue weighted by Gasteiger charge is 2.18. The average Bonchev–Trinajstić information content (AvgIpc) is 2.94. The average molecular weight is 496 g/mol. The van der Waals surface area contributed by atoms with Gasteiger partial charge in [-0.1, -0.05) is 24.3 Å². The quantitative estimate of drug-likeness (QED) is 0.238. The van der Waals surface area contributed by atoms with Crippen molar-refractivity contribution in [2.75, 3.05) is 25.7 Å². The molecule has 0 amide bonds. The molecule has 6 nitrogen and oxygen atoms in total. The predicted molar refractivity (Wildman–Crippen MR) is 147 cm³/mol. The van der Waals surface area contributed by atoms with Gasteiger partial charge in [0.05, 0.1) is 25.3 Å². The van der Waals surface area contributed by atoms with Crippen molar-refractivity contribution in [1.82, 2.24) is 0 Å². The summed E-state index contributed by atoms with van der Waals surface area (Å²) >= 11 is 0. The summed E-state index contributed by atoms with van der Waals surface area (Å²) < 4.78 is 11.9. The Labute approximate surface area is 217 Å². The zero-order valence-electron chi connectivity index (χ0n) is 21.6. The van der Waals surface area contributed by atoms with Crippen LogP contribution < -0.4 is 9.47 Å². The highest BCUT2D eigenvalue weighted by molar-refractivity contribution is 5.94. The number of aromatic nitrogens is 1. The van der Waals surface area contributed by atoms with Gasteiger partial charge in [0.15, 0.2) is 0 Å². The number of esters is 2. The van der Waals surface area contributed by atoms with Gasteiger partial charge < -0.3 is 14.4 Å². The van der Waals surface area contributed by atoms with E-state index in [1.807, 2.05) is 54.6 Å². The van der Waals surface area contributed by atoms with Gasteiger partial charge in [-0.2, -0.15) is 4.57 Å². The molecule has 2 aromatic carbocycles. The second-order valence-electron chi connectivity index (χ2n) is 8.45. The molecule has 0 N–H and O–H groups in total. The molecule has 1 aliphatic rings. The lowest BCUT2D eigenvalue weighted by molar-refractivity contribution is -0.669. The molecule has 0 unspecified atom stereocenters. The number of nitrogens with zero attached hydrogens (tertiary/aromatic N) is 2. The van der Waals surface area contributed by atoms with Crippen LogP contribution in [0.25, 0.3) is 23.1 Å². The maximum absolute atomic E-state index is 11.9. The molecule has 4 rings (SSSR count). The molecule has 0 spiro atoms. The molecule has 2 heterocycles. The number of carbonyl (C=O) groups is 2. The number of methoxy groups -OCH3 is 2. The number of fused-ring (bicyclic) bond motifs is 2. The summed E-state index contributed by atoms with van der Waals surface area (Å²) in [6, 6.07) is 15.3. The molecule has 3 aromatic rings. The van der Waals surface area contributed by atoms with Crippen molar-refractivity contribution in [1.29, 1.82) is 0 Å². The maximum atomic E-state index is 11.9. The molecule has 0 saturated carbocycles. The number of hydrogen-bond donors (Lipinski definition) is 0. The highest BCUT2D eigenvalue weighted by atomic mass is 16.5. The largest absolute Gasteiger partial charge is 0.465 e. The van der Waals surface area contributed by atoms with Crippen molar-refractivity contribution >= 4 is 40.7 Å². The Bertz CT molecular complexity index is 1460. The molecule has 1 aliphatic heterocycles. The lowest BCUT2D eigenvalue weighted by Gasteiger charge is -2.29. The summed E-state index contributed by atoms with van der Waals surface area (Å²) in [5, 5.41) is 0.991. The molecule has 1 aromatic heterocycles. The van der Waals surface area contributed by atoms with Crippen LogP contribution in [0.4, 0.5) is 5.69 Å². The topological polar surface area (TPSA) is 59.7 Å². The van der Waals surface area contributed by atoms with E-state index in [9.17, 15) is 9.59 Å². The monoisotopic (exact) mass is 495 g/mol. The number of aryl methyl sites for hydroxylation is 1. The predicted octanol–water partition coefficient (Wildman–Crippen LogP) is 5.73. The first-order valence-corrected chi connectivity index (χ1v) is 12.3. The van der Waals surface area contributed by atoms with Gasteiger partial charge in [-0.15, -0.1) is 0 Å². The number of anilines is 1. The van der Waals surface area contributed by atoms with E-state index in [4.69, 9.17) is 9.47 Å². The Morgan fingerprint density at radius 1 is 0.865 bits per heavy atom. The summed E-state index contributed by atoms with van der Waals surface area (Å²) in [5.74, 6) is -0.672. The van der Waals surface area contributed by atoms with Gasteiger partial charge in [-0.25, -0.2) is 9.59 Å². The molecule has 0 bridgehead atoms. The van der Waals surface area contributed by atoms with Gasteiger partial charge in [-0.3, -0.25) is 0 Å². The summed E-state index contributed by atoms with van der Waals surface area (Å²) in [7, 11) is 2.78. The number of likely N-dealkylation sites (N-methyl/N-ethyl adjacent to an activating group) is 1. The Morgan fingerprint density at radius 3 is 2.30 bits per heavy atom. The van der Waals surface area contributed by atoms with E-state index in [0.717, 1.165) is 46.6 Å². The van der Waals surface area contributed by atoms with E-state index >= 15 is 0 Å². The molecule has 0 saturated heterocycles. The number of hydrogen-bond acceptors (Lipinski definition) is 5. The van der Waals surface area contributed by atoms with Crippen LogP contribution in [0.2, 0.25) is 0 Å². The Hall–Kier alpha value is -4.45. The number of carbonyl (C=O) groups excluding carboxylic acids is 2. The molecule has 0 aliphatic carbocycles. The minimum atomic E-state index is -0.336. The molecular formula is C31H31N2O4+. The summed E-state index contributed by atoms with van der Waals surface area (Å²) in [6.07, 6.45) is 14.3.